The van der Waals surface area contributed by atoms with Gasteiger partial charge in [-0.1, -0.05) is 0 Å². The van der Waals surface area contributed by atoms with E-state index in [1.165, 1.54) is 17.9 Å². The summed E-state index contributed by atoms with van der Waals surface area (Å²) in [7, 11) is 0. The highest BCUT2D eigenvalue weighted by molar-refractivity contribution is 5.90. The zero-order valence-corrected chi connectivity index (χ0v) is 16.4. The molecule has 1 aromatic rings. The number of anilines is 2. The summed E-state index contributed by atoms with van der Waals surface area (Å²) in [6.45, 7) is 3.93. The summed E-state index contributed by atoms with van der Waals surface area (Å²) in [4.78, 5) is 39.7. The van der Waals surface area contributed by atoms with Gasteiger partial charge in [-0.3, -0.25) is 14.5 Å². The first-order valence-corrected chi connectivity index (χ1v) is 9.91. The third-order valence-corrected chi connectivity index (χ3v) is 6.15. The Kier molecular flexibility index (Phi) is 5.06. The van der Waals surface area contributed by atoms with Crippen molar-refractivity contribution in [2.45, 2.75) is 37.8 Å². The third kappa shape index (κ3) is 3.61. The van der Waals surface area contributed by atoms with Crippen LogP contribution in [0.1, 0.15) is 26.2 Å². The Morgan fingerprint density at radius 1 is 1.38 bits per heavy atom. The summed E-state index contributed by atoms with van der Waals surface area (Å²) >= 11 is 0. The second-order valence-corrected chi connectivity index (χ2v) is 7.99. The van der Waals surface area contributed by atoms with Gasteiger partial charge in [-0.05, 0) is 37.5 Å². The molecule has 2 atom stereocenters. The predicted molar refractivity (Wildman–Crippen MR) is 104 cm³/mol. The number of cyclic esters (lactones) is 1. The summed E-state index contributed by atoms with van der Waals surface area (Å²) in [6, 6.07) is 4.73. The monoisotopic (exact) mass is 404 g/mol. The Labute approximate surface area is 168 Å². The molecule has 1 N–H and O–H groups in total. The minimum atomic E-state index is -0.555. The van der Waals surface area contributed by atoms with Crippen LogP contribution in [0.3, 0.4) is 0 Å². The van der Waals surface area contributed by atoms with Crippen molar-refractivity contribution in [3.63, 3.8) is 0 Å². The summed E-state index contributed by atoms with van der Waals surface area (Å²) in [5, 5.41) is 2.62. The molecule has 0 radical (unpaired) electrons. The van der Waals surface area contributed by atoms with E-state index in [1.807, 2.05) is 9.80 Å². The quantitative estimate of drug-likeness (QED) is 0.752. The molecule has 3 fully saturated rings. The molecule has 4 rings (SSSR count). The molecule has 1 spiro atoms. The number of halogens is 1. The third-order valence-electron chi connectivity index (χ3n) is 6.15. The van der Waals surface area contributed by atoms with E-state index in [9.17, 15) is 18.8 Å². The summed E-state index contributed by atoms with van der Waals surface area (Å²) in [6.07, 6.45) is 2.63. The standard InChI is InChI=1S/C20H25FN4O4/c1-14(27)22-10-16-11-25(19(28)29-16)15-3-4-18(17(21)9-15)23-8-6-20(12-23)5-2-7-24(20)13-26/h3-4,9,13,16H,2,5-8,10-12H2,1H3,(H,22,27)/t16-,20?/m0/s1. The zero-order valence-electron chi connectivity index (χ0n) is 16.4. The van der Waals surface area contributed by atoms with E-state index in [-0.39, 0.29) is 24.5 Å². The van der Waals surface area contributed by atoms with E-state index in [0.29, 0.717) is 24.5 Å². The van der Waals surface area contributed by atoms with Gasteiger partial charge in [0.1, 0.15) is 11.9 Å². The van der Waals surface area contributed by atoms with Gasteiger partial charge < -0.3 is 19.9 Å². The second-order valence-electron chi connectivity index (χ2n) is 7.99. The van der Waals surface area contributed by atoms with Gasteiger partial charge in [-0.15, -0.1) is 0 Å². The highest BCUT2D eigenvalue weighted by Crippen LogP contribution is 2.39. The summed E-state index contributed by atoms with van der Waals surface area (Å²) < 4.78 is 20.2. The molecule has 8 nitrogen and oxygen atoms in total. The Morgan fingerprint density at radius 2 is 2.21 bits per heavy atom. The average molecular weight is 404 g/mol. The highest BCUT2D eigenvalue weighted by atomic mass is 19.1. The van der Waals surface area contributed by atoms with Crippen LogP contribution in [0.5, 0.6) is 0 Å². The molecule has 0 aromatic heterocycles. The molecule has 1 unspecified atom stereocenters. The molecule has 9 heteroatoms. The molecule has 0 aliphatic carbocycles. The van der Waals surface area contributed by atoms with Crippen LogP contribution < -0.4 is 15.1 Å². The topological polar surface area (TPSA) is 82.2 Å². The second kappa shape index (κ2) is 7.53. The first-order chi connectivity index (χ1) is 13.9. The molecule has 3 aliphatic heterocycles. The van der Waals surface area contributed by atoms with Crippen molar-refractivity contribution in [3.8, 4) is 0 Å². The lowest BCUT2D eigenvalue weighted by molar-refractivity contribution is -0.121. The Bertz CT molecular complexity index is 835. The number of carbonyl (C=O) groups is 3. The smallest absolute Gasteiger partial charge is 0.414 e. The molecular formula is C20H25FN4O4. The summed E-state index contributed by atoms with van der Waals surface area (Å²) in [5.41, 5.74) is 0.708. The van der Waals surface area contributed by atoms with Gasteiger partial charge >= 0.3 is 6.09 Å². The van der Waals surface area contributed by atoms with Crippen molar-refractivity contribution in [2.75, 3.05) is 42.5 Å². The molecular weight excluding hydrogens is 379 g/mol. The fourth-order valence-corrected chi connectivity index (χ4v) is 4.64. The number of hydrogen-bond donors (Lipinski definition) is 1. The van der Waals surface area contributed by atoms with E-state index < -0.39 is 18.0 Å². The molecule has 3 aliphatic rings. The fourth-order valence-electron chi connectivity index (χ4n) is 4.64. The fraction of sp³-hybridized carbons (Fsp3) is 0.550. The van der Waals surface area contributed by atoms with Gasteiger partial charge in [0.25, 0.3) is 0 Å². The number of rotatable bonds is 5. The SMILES string of the molecule is CC(=O)NC[C@H]1CN(c2ccc(N3CCC4(CCCN4C=O)C3)c(F)c2)C(=O)O1. The Morgan fingerprint density at radius 3 is 2.93 bits per heavy atom. The number of nitrogens with one attached hydrogen (secondary N) is 1. The highest BCUT2D eigenvalue weighted by Gasteiger charge is 2.46. The average Bonchev–Trinajstić information content (AvgIpc) is 3.39. The van der Waals surface area contributed by atoms with Crippen LogP contribution in [-0.4, -0.2) is 67.7 Å². The molecule has 0 saturated carbocycles. The van der Waals surface area contributed by atoms with Crippen molar-refractivity contribution >= 4 is 29.8 Å². The lowest BCUT2D eigenvalue weighted by Crippen LogP contribution is -2.45. The van der Waals surface area contributed by atoms with Gasteiger partial charge in [0, 0.05) is 26.6 Å². The Hall–Kier alpha value is -2.84. The van der Waals surface area contributed by atoms with Crippen LogP contribution in [-0.2, 0) is 14.3 Å². The van der Waals surface area contributed by atoms with Crippen LogP contribution in [0.25, 0.3) is 0 Å². The number of carbonyl (C=O) groups excluding carboxylic acids is 3. The molecule has 3 amide bonds. The van der Waals surface area contributed by atoms with Crippen molar-refractivity contribution in [1.82, 2.24) is 10.2 Å². The molecule has 3 heterocycles. The van der Waals surface area contributed by atoms with Crippen molar-refractivity contribution in [3.05, 3.63) is 24.0 Å². The minimum Gasteiger partial charge on any atom is -0.442 e. The number of benzene rings is 1. The van der Waals surface area contributed by atoms with Crippen molar-refractivity contribution < 1.29 is 23.5 Å². The van der Waals surface area contributed by atoms with Crippen LogP contribution in [0, 0.1) is 5.82 Å². The summed E-state index contributed by atoms with van der Waals surface area (Å²) in [5.74, 6) is -0.609. The van der Waals surface area contributed by atoms with Crippen LogP contribution in [0.4, 0.5) is 20.6 Å². The van der Waals surface area contributed by atoms with E-state index in [0.717, 1.165) is 32.2 Å². The van der Waals surface area contributed by atoms with Gasteiger partial charge in [-0.25, -0.2) is 9.18 Å². The maximum absolute atomic E-state index is 14.9. The van der Waals surface area contributed by atoms with E-state index in [4.69, 9.17) is 4.74 Å². The normalized spacial score (nSPS) is 26.3. The van der Waals surface area contributed by atoms with E-state index in [1.54, 1.807) is 12.1 Å². The number of likely N-dealkylation sites (tertiary alicyclic amines) is 1. The molecule has 1 aromatic carbocycles. The minimum absolute atomic E-state index is 0.192. The van der Waals surface area contributed by atoms with Crippen LogP contribution >= 0.6 is 0 Å². The van der Waals surface area contributed by atoms with Crippen molar-refractivity contribution in [1.29, 1.82) is 0 Å². The maximum atomic E-state index is 14.9. The largest absolute Gasteiger partial charge is 0.442 e. The molecule has 156 valence electrons. The van der Waals surface area contributed by atoms with E-state index >= 15 is 0 Å². The molecule has 0 bridgehead atoms. The van der Waals surface area contributed by atoms with Gasteiger partial charge in [0.05, 0.1) is 30.0 Å². The van der Waals surface area contributed by atoms with Gasteiger partial charge in [0.2, 0.25) is 12.3 Å². The lowest BCUT2D eigenvalue weighted by Gasteiger charge is -2.32. The van der Waals surface area contributed by atoms with Crippen molar-refractivity contribution in [2.24, 2.45) is 0 Å². The maximum Gasteiger partial charge on any atom is 0.414 e. The number of ether oxygens (including phenoxy) is 1. The number of hydrogen-bond acceptors (Lipinski definition) is 5. The first kappa shape index (κ1) is 19.5. The molecule has 29 heavy (non-hydrogen) atoms. The molecule has 3 saturated heterocycles. The van der Waals surface area contributed by atoms with Gasteiger partial charge in [-0.2, -0.15) is 0 Å². The first-order valence-electron chi connectivity index (χ1n) is 9.91. The number of amides is 3. The van der Waals surface area contributed by atoms with Gasteiger partial charge in [0.15, 0.2) is 0 Å². The number of nitrogens with zero attached hydrogens (tertiary/aromatic N) is 3. The van der Waals surface area contributed by atoms with Crippen LogP contribution in [0.15, 0.2) is 18.2 Å². The zero-order chi connectivity index (χ0) is 20.6. The van der Waals surface area contributed by atoms with E-state index in [2.05, 4.69) is 5.32 Å². The lowest BCUT2D eigenvalue weighted by atomic mass is 9.96. The van der Waals surface area contributed by atoms with Crippen LogP contribution in [0.2, 0.25) is 0 Å². The predicted octanol–water partition coefficient (Wildman–Crippen LogP) is 1.49. The Balaban J connectivity index is 1.46.